The first-order valence-electron chi connectivity index (χ1n) is 6.37. The fraction of sp³-hybridized carbons (Fsp3) is 0.429. The van der Waals surface area contributed by atoms with Gasteiger partial charge in [0, 0.05) is 12.5 Å². The zero-order valence-corrected chi connectivity index (χ0v) is 11.0. The Morgan fingerprint density at radius 1 is 1.58 bits per heavy atom. The van der Waals surface area contributed by atoms with E-state index in [1.54, 1.807) is 0 Å². The van der Waals surface area contributed by atoms with Crippen LogP contribution in [0, 0.1) is 5.82 Å². The van der Waals surface area contributed by atoms with Crippen molar-refractivity contribution in [1.29, 1.82) is 0 Å². The van der Waals surface area contributed by atoms with E-state index in [1.807, 2.05) is 6.92 Å². The molecule has 0 saturated carbocycles. The van der Waals surface area contributed by atoms with Crippen LogP contribution < -0.4 is 11.1 Å². The number of nitrogens with one attached hydrogen (secondary N) is 1. The van der Waals surface area contributed by atoms with E-state index >= 15 is 0 Å². The highest BCUT2D eigenvalue weighted by atomic mass is 19.1. The third kappa shape index (κ3) is 2.38. The van der Waals surface area contributed by atoms with Crippen LogP contribution >= 0.6 is 0 Å². The lowest BCUT2D eigenvalue weighted by atomic mass is 9.82. The molecule has 0 aromatic heterocycles. The van der Waals surface area contributed by atoms with Gasteiger partial charge in [-0.25, -0.2) is 4.39 Å². The van der Waals surface area contributed by atoms with Gasteiger partial charge in [-0.15, -0.1) is 0 Å². The zero-order chi connectivity index (χ0) is 14.2. The van der Waals surface area contributed by atoms with Crippen molar-refractivity contribution in [3.8, 4) is 0 Å². The van der Waals surface area contributed by atoms with Crippen LogP contribution in [0.25, 0.3) is 0 Å². The maximum atomic E-state index is 14.0. The summed E-state index contributed by atoms with van der Waals surface area (Å²) in [5.74, 6) is -0.939. The summed E-state index contributed by atoms with van der Waals surface area (Å²) in [5.41, 5.74) is 7.62. The molecule has 102 valence electrons. The fourth-order valence-corrected chi connectivity index (χ4v) is 2.59. The molecule has 0 bridgehead atoms. The van der Waals surface area contributed by atoms with Gasteiger partial charge in [-0.1, -0.05) is 6.92 Å². The second kappa shape index (κ2) is 5.09. The Hall–Kier alpha value is -1.75. The van der Waals surface area contributed by atoms with Crippen LogP contribution in [0.1, 0.15) is 41.8 Å². The molecule has 0 spiro atoms. The molecule has 1 unspecified atom stereocenters. The van der Waals surface area contributed by atoms with Crippen molar-refractivity contribution in [2.75, 3.05) is 5.32 Å². The number of hydrogen-bond acceptors (Lipinski definition) is 3. The van der Waals surface area contributed by atoms with E-state index < -0.39 is 6.04 Å². The van der Waals surface area contributed by atoms with Gasteiger partial charge < -0.3 is 11.1 Å². The molecule has 1 aromatic carbocycles. The summed E-state index contributed by atoms with van der Waals surface area (Å²) in [4.78, 5) is 23.4. The molecule has 19 heavy (non-hydrogen) atoms. The minimum atomic E-state index is -0.574. The predicted molar refractivity (Wildman–Crippen MR) is 70.7 cm³/mol. The first kappa shape index (κ1) is 13.7. The first-order valence-corrected chi connectivity index (χ1v) is 6.37. The van der Waals surface area contributed by atoms with Crippen LogP contribution in [-0.4, -0.2) is 17.7 Å². The molecule has 0 fully saturated rings. The number of halogens is 1. The van der Waals surface area contributed by atoms with Gasteiger partial charge in [-0.3, -0.25) is 9.59 Å². The summed E-state index contributed by atoms with van der Waals surface area (Å²) in [6.45, 7) is 3.17. The summed E-state index contributed by atoms with van der Waals surface area (Å²) in [7, 11) is 0. The second-order valence-corrected chi connectivity index (χ2v) is 4.78. The van der Waals surface area contributed by atoms with Gasteiger partial charge in [0.15, 0.2) is 5.78 Å². The monoisotopic (exact) mass is 264 g/mol. The highest BCUT2D eigenvalue weighted by molar-refractivity contribution is 6.09. The van der Waals surface area contributed by atoms with Gasteiger partial charge in [0.25, 0.3) is 0 Å². The maximum absolute atomic E-state index is 14.0. The van der Waals surface area contributed by atoms with E-state index in [4.69, 9.17) is 5.73 Å². The highest BCUT2D eigenvalue weighted by Crippen LogP contribution is 2.32. The Balaban J connectivity index is 2.66. The lowest BCUT2D eigenvalue weighted by molar-refractivity contribution is -0.114. The van der Waals surface area contributed by atoms with E-state index in [0.29, 0.717) is 36.0 Å². The minimum Gasteiger partial charge on any atom is -0.326 e. The molecule has 0 radical (unpaired) electrons. The Kier molecular flexibility index (Phi) is 3.66. The third-order valence-electron chi connectivity index (χ3n) is 3.45. The van der Waals surface area contributed by atoms with Gasteiger partial charge >= 0.3 is 0 Å². The summed E-state index contributed by atoms with van der Waals surface area (Å²) >= 11 is 0. The molecule has 1 aliphatic carbocycles. The smallest absolute Gasteiger partial charge is 0.221 e. The van der Waals surface area contributed by atoms with Gasteiger partial charge in [-0.2, -0.15) is 0 Å². The van der Waals surface area contributed by atoms with Gasteiger partial charge in [0.1, 0.15) is 5.82 Å². The Bertz CT molecular complexity index is 555. The zero-order valence-electron chi connectivity index (χ0n) is 11.0. The molecule has 5 heteroatoms. The second-order valence-electron chi connectivity index (χ2n) is 4.78. The molecule has 0 heterocycles. The third-order valence-corrected chi connectivity index (χ3v) is 3.45. The highest BCUT2D eigenvalue weighted by Gasteiger charge is 2.30. The van der Waals surface area contributed by atoms with Crippen LogP contribution in [0.3, 0.4) is 0 Å². The van der Waals surface area contributed by atoms with Crippen molar-refractivity contribution in [2.45, 2.75) is 39.2 Å². The maximum Gasteiger partial charge on any atom is 0.221 e. The van der Waals surface area contributed by atoms with E-state index in [-0.39, 0.29) is 23.2 Å². The Morgan fingerprint density at radius 2 is 2.26 bits per heavy atom. The number of carbonyl (C=O) groups is 2. The molecular weight excluding hydrogens is 247 g/mol. The number of rotatable bonds is 2. The predicted octanol–water partition coefficient (Wildman–Crippen LogP) is 1.80. The van der Waals surface area contributed by atoms with Crippen molar-refractivity contribution in [2.24, 2.45) is 5.73 Å². The normalized spacial score (nSPS) is 18.1. The molecule has 0 saturated heterocycles. The van der Waals surface area contributed by atoms with Crippen molar-refractivity contribution in [1.82, 2.24) is 0 Å². The van der Waals surface area contributed by atoms with Gasteiger partial charge in [0.2, 0.25) is 5.91 Å². The number of Topliss-reactive ketones (excluding diaryl/α,β-unsaturated/α-hetero) is 1. The van der Waals surface area contributed by atoms with Gasteiger partial charge in [-0.05, 0) is 36.5 Å². The molecule has 1 atom stereocenters. The van der Waals surface area contributed by atoms with Crippen LogP contribution in [-0.2, 0) is 17.6 Å². The molecule has 3 N–H and O–H groups in total. The molecule has 2 rings (SSSR count). The number of carbonyl (C=O) groups excluding carboxylic acids is 2. The van der Waals surface area contributed by atoms with E-state index in [2.05, 4.69) is 5.32 Å². The van der Waals surface area contributed by atoms with Crippen molar-refractivity contribution >= 4 is 17.4 Å². The molecular formula is C14H17FN2O2. The number of amides is 1. The summed E-state index contributed by atoms with van der Waals surface area (Å²) < 4.78 is 14.0. The average Bonchev–Trinajstić information content (AvgIpc) is 2.33. The summed E-state index contributed by atoms with van der Waals surface area (Å²) in [6.07, 6.45) is 1.59. The molecule has 0 aliphatic heterocycles. The minimum absolute atomic E-state index is 0.222. The lowest BCUT2D eigenvalue weighted by Crippen LogP contribution is -2.36. The lowest BCUT2D eigenvalue weighted by Gasteiger charge is -2.25. The fourth-order valence-electron chi connectivity index (χ4n) is 2.59. The number of ketones is 1. The van der Waals surface area contributed by atoms with Crippen molar-refractivity contribution < 1.29 is 14.0 Å². The number of anilines is 1. The van der Waals surface area contributed by atoms with Crippen LogP contribution in [0.4, 0.5) is 10.1 Å². The standard InChI is InChI=1S/C14H17FN2O2/c1-3-8-9-4-5-11(16)14(19)13(9)12(6-10(8)15)17-7(2)18/h6,11H,3-5,16H2,1-2H3,(H,17,18). The average molecular weight is 264 g/mol. The van der Waals surface area contributed by atoms with Crippen LogP contribution in [0.2, 0.25) is 0 Å². The molecule has 1 amide bonds. The summed E-state index contributed by atoms with van der Waals surface area (Å²) in [5, 5.41) is 2.52. The van der Waals surface area contributed by atoms with Gasteiger partial charge in [0.05, 0.1) is 11.7 Å². The first-order chi connectivity index (χ1) is 8.95. The Morgan fingerprint density at radius 3 is 2.84 bits per heavy atom. The molecule has 1 aliphatic rings. The largest absolute Gasteiger partial charge is 0.326 e. The van der Waals surface area contributed by atoms with Crippen molar-refractivity contribution in [3.05, 3.63) is 28.6 Å². The molecule has 4 nitrogen and oxygen atoms in total. The van der Waals surface area contributed by atoms with E-state index in [9.17, 15) is 14.0 Å². The van der Waals surface area contributed by atoms with Crippen LogP contribution in [0.5, 0.6) is 0 Å². The molecule has 1 aromatic rings. The van der Waals surface area contributed by atoms with E-state index in [1.165, 1.54) is 13.0 Å². The quantitative estimate of drug-likeness (QED) is 0.855. The Labute approximate surface area is 111 Å². The van der Waals surface area contributed by atoms with Crippen molar-refractivity contribution in [3.63, 3.8) is 0 Å². The number of benzene rings is 1. The summed E-state index contributed by atoms with van der Waals surface area (Å²) in [6, 6.07) is 0.643. The topological polar surface area (TPSA) is 72.2 Å². The van der Waals surface area contributed by atoms with E-state index in [0.717, 1.165) is 0 Å². The number of hydrogen-bond donors (Lipinski definition) is 2. The number of nitrogens with two attached hydrogens (primary N) is 1. The number of fused-ring (bicyclic) bond motifs is 1. The van der Waals surface area contributed by atoms with Crippen LogP contribution in [0.15, 0.2) is 6.07 Å². The SMILES string of the molecule is CCc1c(F)cc(NC(C)=O)c2c1CCC(N)C2=O.